The van der Waals surface area contributed by atoms with E-state index in [1.54, 1.807) is 0 Å². The van der Waals surface area contributed by atoms with Crippen LogP contribution in [-0.4, -0.2) is 48.1 Å². The van der Waals surface area contributed by atoms with Crippen molar-refractivity contribution in [3.8, 4) is 0 Å². The van der Waals surface area contributed by atoms with Gasteiger partial charge in [0.15, 0.2) is 0 Å². The highest BCUT2D eigenvalue weighted by Crippen LogP contribution is 2.22. The van der Waals surface area contributed by atoms with E-state index < -0.39 is 24.6 Å². The van der Waals surface area contributed by atoms with Crippen molar-refractivity contribution < 1.29 is 27.5 Å². The number of esters is 1. The molecule has 1 aromatic rings. The number of ether oxygens (including phenoxy) is 1. The third-order valence-electron chi connectivity index (χ3n) is 3.05. The lowest BCUT2D eigenvalue weighted by Gasteiger charge is -2.22. The molecule has 0 spiro atoms. The summed E-state index contributed by atoms with van der Waals surface area (Å²) in [6.07, 6.45) is -3.32. The van der Waals surface area contributed by atoms with Gasteiger partial charge in [0.05, 0.1) is 12.7 Å². The number of methoxy groups -OCH3 is 1. The van der Waals surface area contributed by atoms with Gasteiger partial charge in [0, 0.05) is 12.2 Å². The molecule has 1 amide bonds. The molecule has 0 bridgehead atoms. The maximum absolute atomic E-state index is 12.6. The fourth-order valence-corrected chi connectivity index (χ4v) is 2.12. The Morgan fingerprint density at radius 1 is 1.36 bits per heavy atom. The van der Waals surface area contributed by atoms with Crippen molar-refractivity contribution in [1.82, 2.24) is 9.88 Å². The molecule has 0 aromatic carbocycles. The quantitative estimate of drug-likeness (QED) is 0.670. The summed E-state index contributed by atoms with van der Waals surface area (Å²) >= 11 is 0. The number of aromatic nitrogens is 1. The van der Waals surface area contributed by atoms with Crippen LogP contribution in [0.15, 0.2) is 12.7 Å². The minimum absolute atomic E-state index is 0.0657. The first-order valence-corrected chi connectivity index (χ1v) is 6.36. The van der Waals surface area contributed by atoms with Crippen LogP contribution in [0.1, 0.15) is 32.1 Å². The fourth-order valence-electron chi connectivity index (χ4n) is 2.12. The van der Waals surface area contributed by atoms with Gasteiger partial charge in [-0.3, -0.25) is 4.79 Å². The van der Waals surface area contributed by atoms with Crippen LogP contribution >= 0.6 is 0 Å². The number of carbonyl (C=O) groups excluding carboxylic acids is 2. The number of aromatic amines is 1. The minimum atomic E-state index is -4.53. The van der Waals surface area contributed by atoms with Gasteiger partial charge in [-0.25, -0.2) is 4.79 Å². The van der Waals surface area contributed by atoms with Crippen LogP contribution in [0.4, 0.5) is 13.2 Å². The first-order chi connectivity index (χ1) is 10.1. The van der Waals surface area contributed by atoms with E-state index in [1.165, 1.54) is 27.0 Å². The Morgan fingerprint density at radius 2 is 1.95 bits per heavy atom. The Balaban J connectivity index is 3.20. The van der Waals surface area contributed by atoms with E-state index in [4.69, 9.17) is 0 Å². The predicted octanol–water partition coefficient (Wildman–Crippen LogP) is 2.61. The topological polar surface area (TPSA) is 62.4 Å². The zero-order chi connectivity index (χ0) is 17.1. The van der Waals surface area contributed by atoms with E-state index in [9.17, 15) is 22.8 Å². The lowest BCUT2D eigenvalue weighted by Crippen LogP contribution is -2.39. The molecule has 0 fully saturated rings. The summed E-state index contributed by atoms with van der Waals surface area (Å²) in [5.41, 5.74) is 0.698. The van der Waals surface area contributed by atoms with Gasteiger partial charge in [-0.2, -0.15) is 13.2 Å². The standard InChI is InChI=1S/C14H17F3N2O3/c1-5-6-19(7-14(15,16)17)12(20)11-8(2)10(9(3)18-11)13(21)22-4/h5,18H,1,6-7H2,2-4H3. The largest absolute Gasteiger partial charge is 0.465 e. The van der Waals surface area contributed by atoms with Gasteiger partial charge in [0.1, 0.15) is 12.2 Å². The van der Waals surface area contributed by atoms with Crippen molar-refractivity contribution in [2.75, 3.05) is 20.2 Å². The molecule has 0 aliphatic carbocycles. The van der Waals surface area contributed by atoms with Gasteiger partial charge >= 0.3 is 12.1 Å². The minimum Gasteiger partial charge on any atom is -0.465 e. The van der Waals surface area contributed by atoms with E-state index in [2.05, 4.69) is 16.3 Å². The van der Waals surface area contributed by atoms with Gasteiger partial charge in [-0.05, 0) is 19.4 Å². The Kier molecular flexibility index (Phi) is 5.40. The Labute approximate surface area is 125 Å². The van der Waals surface area contributed by atoms with Gasteiger partial charge in [-0.1, -0.05) is 6.08 Å². The summed E-state index contributed by atoms with van der Waals surface area (Å²) in [4.78, 5) is 27.2. The molecule has 1 N–H and O–H groups in total. The van der Waals surface area contributed by atoms with E-state index >= 15 is 0 Å². The van der Waals surface area contributed by atoms with Crippen LogP contribution in [0.3, 0.4) is 0 Å². The van der Waals surface area contributed by atoms with Gasteiger partial charge < -0.3 is 14.6 Å². The maximum atomic E-state index is 12.6. The molecule has 5 nitrogen and oxygen atoms in total. The fraction of sp³-hybridized carbons (Fsp3) is 0.429. The van der Waals surface area contributed by atoms with Crippen LogP contribution in [0.5, 0.6) is 0 Å². The molecule has 1 aromatic heterocycles. The van der Waals surface area contributed by atoms with Gasteiger partial charge in [0.2, 0.25) is 0 Å². The van der Waals surface area contributed by atoms with Gasteiger partial charge in [-0.15, -0.1) is 6.58 Å². The zero-order valence-corrected chi connectivity index (χ0v) is 12.5. The summed E-state index contributed by atoms with van der Waals surface area (Å²) in [7, 11) is 1.18. The van der Waals surface area contributed by atoms with E-state index in [1.807, 2.05) is 0 Å². The smallest absolute Gasteiger partial charge is 0.406 e. The lowest BCUT2D eigenvalue weighted by atomic mass is 10.1. The number of hydrogen-bond acceptors (Lipinski definition) is 3. The number of carbonyl (C=O) groups is 2. The summed E-state index contributed by atoms with van der Waals surface area (Å²) in [5.74, 6) is -1.51. The molecule has 0 unspecified atom stereocenters. The van der Waals surface area contributed by atoms with Crippen molar-refractivity contribution >= 4 is 11.9 Å². The van der Waals surface area contributed by atoms with E-state index in [0.717, 1.165) is 0 Å². The summed E-state index contributed by atoms with van der Waals surface area (Å²) < 4.78 is 42.3. The number of nitrogens with one attached hydrogen (secondary N) is 1. The number of hydrogen-bond donors (Lipinski definition) is 1. The number of rotatable bonds is 5. The summed E-state index contributed by atoms with van der Waals surface area (Å²) in [6, 6.07) is 0. The second kappa shape index (κ2) is 6.67. The molecule has 0 saturated heterocycles. The SMILES string of the molecule is C=CCN(CC(F)(F)F)C(=O)c1[nH]c(C)c(C(=O)OC)c1C. The number of halogens is 3. The molecule has 0 atom stereocenters. The third-order valence-corrected chi connectivity index (χ3v) is 3.05. The lowest BCUT2D eigenvalue weighted by molar-refractivity contribution is -0.139. The van der Waals surface area contributed by atoms with Crippen LogP contribution in [0.25, 0.3) is 0 Å². The van der Waals surface area contributed by atoms with Crippen molar-refractivity contribution in [2.45, 2.75) is 20.0 Å². The molecule has 0 aliphatic heterocycles. The van der Waals surface area contributed by atoms with Crippen LogP contribution in [0, 0.1) is 13.8 Å². The average molecular weight is 318 g/mol. The Bertz CT molecular complexity index is 591. The number of alkyl halides is 3. The molecule has 1 rings (SSSR count). The molecule has 122 valence electrons. The third kappa shape index (κ3) is 3.90. The monoisotopic (exact) mass is 318 g/mol. The molecule has 0 saturated carbocycles. The highest BCUT2D eigenvalue weighted by molar-refractivity contribution is 6.00. The van der Waals surface area contributed by atoms with Crippen LogP contribution in [0.2, 0.25) is 0 Å². The number of aryl methyl sites for hydroxylation is 1. The van der Waals surface area contributed by atoms with E-state index in [-0.39, 0.29) is 23.4 Å². The van der Waals surface area contributed by atoms with Crippen LogP contribution < -0.4 is 0 Å². The molecular weight excluding hydrogens is 301 g/mol. The van der Waals surface area contributed by atoms with Crippen molar-refractivity contribution in [1.29, 1.82) is 0 Å². The number of H-pyrrole nitrogens is 1. The predicted molar refractivity (Wildman–Crippen MR) is 73.8 cm³/mol. The molecule has 1 heterocycles. The second-order valence-corrected chi connectivity index (χ2v) is 4.71. The van der Waals surface area contributed by atoms with E-state index in [0.29, 0.717) is 10.6 Å². The second-order valence-electron chi connectivity index (χ2n) is 4.71. The van der Waals surface area contributed by atoms with Crippen LogP contribution in [-0.2, 0) is 4.74 Å². The first-order valence-electron chi connectivity index (χ1n) is 6.36. The number of nitrogens with zero attached hydrogens (tertiary/aromatic N) is 1. The van der Waals surface area contributed by atoms with Crippen molar-refractivity contribution in [3.63, 3.8) is 0 Å². The maximum Gasteiger partial charge on any atom is 0.406 e. The Morgan fingerprint density at radius 3 is 2.41 bits per heavy atom. The molecule has 0 radical (unpaired) electrons. The normalized spacial score (nSPS) is 11.2. The average Bonchev–Trinajstić information content (AvgIpc) is 2.70. The van der Waals surface area contributed by atoms with Crippen molar-refractivity contribution in [3.05, 3.63) is 35.2 Å². The molecule has 0 aliphatic rings. The van der Waals surface area contributed by atoms with Gasteiger partial charge in [0.25, 0.3) is 5.91 Å². The Hall–Kier alpha value is -2.25. The summed E-state index contributed by atoms with van der Waals surface area (Å²) in [5, 5.41) is 0. The molecule has 8 heteroatoms. The first kappa shape index (κ1) is 17.8. The molecule has 22 heavy (non-hydrogen) atoms. The summed E-state index contributed by atoms with van der Waals surface area (Å²) in [6.45, 7) is 4.70. The molecular formula is C14H17F3N2O3. The van der Waals surface area contributed by atoms with Crippen molar-refractivity contribution in [2.24, 2.45) is 0 Å². The number of amides is 1. The zero-order valence-electron chi connectivity index (χ0n) is 12.5. The highest BCUT2D eigenvalue weighted by atomic mass is 19.4. The highest BCUT2D eigenvalue weighted by Gasteiger charge is 2.34.